The van der Waals surface area contributed by atoms with Crippen LogP contribution < -0.4 is 15.4 Å². The third-order valence-corrected chi connectivity index (χ3v) is 9.97. The van der Waals surface area contributed by atoms with Gasteiger partial charge in [0.25, 0.3) is 0 Å². The number of aromatic nitrogens is 2. The number of carbonyl (C=O) groups excluding carboxylic acids is 1. The number of rotatable bonds is 9. The quantitative estimate of drug-likeness (QED) is 0.314. The van der Waals surface area contributed by atoms with Gasteiger partial charge in [0.15, 0.2) is 0 Å². The molecule has 42 heavy (non-hydrogen) atoms. The zero-order chi connectivity index (χ0) is 30.0. The highest BCUT2D eigenvalue weighted by molar-refractivity contribution is 9.10. The van der Waals surface area contributed by atoms with Gasteiger partial charge in [0.2, 0.25) is 21.9 Å². The molecular formula is C28H31BrFN5O6S. The zero-order valence-corrected chi connectivity index (χ0v) is 25.4. The lowest BCUT2D eigenvalue weighted by Gasteiger charge is -2.25. The fraction of sp³-hybridized carbons (Fsp3) is 0.393. The van der Waals surface area contributed by atoms with Crippen molar-refractivity contribution in [3.05, 3.63) is 64.0 Å². The van der Waals surface area contributed by atoms with Crippen LogP contribution in [0.3, 0.4) is 0 Å². The Labute approximate surface area is 251 Å². The molecule has 5 rings (SSSR count). The molecule has 0 bridgehead atoms. The van der Waals surface area contributed by atoms with Crippen molar-refractivity contribution in [2.24, 2.45) is 0 Å². The molecule has 11 nitrogen and oxygen atoms in total. The number of aliphatic hydroxyl groups excluding tert-OH is 1. The normalized spacial score (nSPS) is 18.2. The molecule has 2 aromatic carbocycles. The third kappa shape index (κ3) is 6.27. The first-order valence-electron chi connectivity index (χ1n) is 13.4. The molecular weight excluding hydrogens is 633 g/mol. The lowest BCUT2D eigenvalue weighted by Crippen LogP contribution is -2.46. The van der Waals surface area contributed by atoms with Gasteiger partial charge in [0.05, 0.1) is 34.8 Å². The molecule has 1 amide bonds. The van der Waals surface area contributed by atoms with Gasteiger partial charge >= 0.3 is 0 Å². The van der Waals surface area contributed by atoms with Crippen LogP contribution in [0.1, 0.15) is 36.9 Å². The summed E-state index contributed by atoms with van der Waals surface area (Å²) in [6.07, 6.45) is 3.29. The van der Waals surface area contributed by atoms with Crippen LogP contribution >= 0.6 is 15.9 Å². The molecule has 1 aromatic heterocycles. The van der Waals surface area contributed by atoms with Gasteiger partial charge < -0.3 is 25.2 Å². The van der Waals surface area contributed by atoms with Crippen molar-refractivity contribution < 1.29 is 32.2 Å². The second-order valence-electron chi connectivity index (χ2n) is 10.1. The summed E-state index contributed by atoms with van der Waals surface area (Å²) in [6, 6.07) is 6.99. The SMILES string of the molecule is COc1cc(F)cc([C@@H](CO)NC(=O)[C@@H](C)N2Cc3ccc(-c4nc(NC5CCOCC5)ncc4Br)cc3S2(=O)=O)c1. The average Bonchev–Trinajstić information content (AvgIpc) is 3.25. The van der Waals surface area contributed by atoms with Crippen LogP contribution in [0.25, 0.3) is 11.3 Å². The first kappa shape index (κ1) is 30.3. The number of anilines is 1. The minimum atomic E-state index is -4.05. The highest BCUT2D eigenvalue weighted by Crippen LogP contribution is 2.37. The molecule has 224 valence electrons. The van der Waals surface area contributed by atoms with Crippen LogP contribution in [-0.2, 0) is 26.1 Å². The number of ether oxygens (including phenoxy) is 2. The Hall–Kier alpha value is -3.17. The Morgan fingerprint density at radius 3 is 2.74 bits per heavy atom. The summed E-state index contributed by atoms with van der Waals surface area (Å²) in [5, 5.41) is 15.9. The minimum Gasteiger partial charge on any atom is -0.497 e. The summed E-state index contributed by atoms with van der Waals surface area (Å²) in [4.78, 5) is 22.3. The van der Waals surface area contributed by atoms with E-state index in [9.17, 15) is 22.7 Å². The van der Waals surface area contributed by atoms with E-state index in [1.165, 1.54) is 32.2 Å². The van der Waals surface area contributed by atoms with Crippen molar-refractivity contribution >= 4 is 37.8 Å². The number of amides is 1. The molecule has 3 N–H and O–H groups in total. The van der Waals surface area contributed by atoms with E-state index in [2.05, 4.69) is 36.5 Å². The first-order chi connectivity index (χ1) is 20.1. The predicted molar refractivity (Wildman–Crippen MR) is 156 cm³/mol. The van der Waals surface area contributed by atoms with E-state index in [1.807, 2.05) is 0 Å². The monoisotopic (exact) mass is 663 g/mol. The number of benzene rings is 2. The lowest BCUT2D eigenvalue weighted by molar-refractivity contribution is -0.125. The molecule has 1 fully saturated rings. The summed E-state index contributed by atoms with van der Waals surface area (Å²) in [5.41, 5.74) is 1.92. The average molecular weight is 665 g/mol. The van der Waals surface area contributed by atoms with Crippen molar-refractivity contribution in [3.8, 4) is 17.0 Å². The Morgan fingerprint density at radius 2 is 2.02 bits per heavy atom. The lowest BCUT2D eigenvalue weighted by atomic mass is 10.1. The summed E-state index contributed by atoms with van der Waals surface area (Å²) in [6.45, 7) is 2.26. The summed E-state index contributed by atoms with van der Waals surface area (Å²) >= 11 is 3.48. The molecule has 14 heteroatoms. The maximum atomic E-state index is 14.0. The van der Waals surface area contributed by atoms with E-state index in [0.29, 0.717) is 40.5 Å². The topological polar surface area (TPSA) is 143 Å². The van der Waals surface area contributed by atoms with Gasteiger partial charge in [0.1, 0.15) is 17.6 Å². The molecule has 0 radical (unpaired) electrons. The first-order valence-corrected chi connectivity index (χ1v) is 15.6. The van der Waals surface area contributed by atoms with Crippen LogP contribution in [-0.4, -0.2) is 72.7 Å². The third-order valence-electron chi connectivity index (χ3n) is 7.39. The second-order valence-corrected chi connectivity index (χ2v) is 12.9. The Morgan fingerprint density at radius 1 is 1.26 bits per heavy atom. The van der Waals surface area contributed by atoms with E-state index < -0.39 is 40.4 Å². The standard InChI is InChI=1S/C28H31BrFN5O6S/c1-16(27(37)33-24(15-36)19-9-20(30)12-22(10-19)40-2)35-14-18-4-3-17(11-25(18)42(35,38)39)26-23(29)13-31-28(34-26)32-21-5-7-41-8-6-21/h3-4,9-13,16,21,24,36H,5-8,14-15H2,1-2H3,(H,33,37)(H,31,32,34)/t16-,24-/m1/s1. The van der Waals surface area contributed by atoms with Gasteiger partial charge in [-0.15, -0.1) is 0 Å². The Kier molecular flexibility index (Phi) is 9.08. The van der Waals surface area contributed by atoms with Crippen LogP contribution in [0.2, 0.25) is 0 Å². The minimum absolute atomic E-state index is 0.00832. The Balaban J connectivity index is 1.35. The van der Waals surface area contributed by atoms with Crippen LogP contribution in [0.15, 0.2) is 52.0 Å². The predicted octanol–water partition coefficient (Wildman–Crippen LogP) is 3.39. The fourth-order valence-corrected chi connectivity index (χ4v) is 7.25. The highest BCUT2D eigenvalue weighted by atomic mass is 79.9. The van der Waals surface area contributed by atoms with Gasteiger partial charge in [-0.2, -0.15) is 4.31 Å². The van der Waals surface area contributed by atoms with E-state index in [4.69, 9.17) is 9.47 Å². The van der Waals surface area contributed by atoms with Crippen LogP contribution in [0.5, 0.6) is 5.75 Å². The number of nitrogens with one attached hydrogen (secondary N) is 2. The maximum Gasteiger partial charge on any atom is 0.244 e. The number of nitrogens with zero attached hydrogens (tertiary/aromatic N) is 3. The number of hydrogen-bond acceptors (Lipinski definition) is 9. The number of methoxy groups -OCH3 is 1. The van der Waals surface area contributed by atoms with E-state index >= 15 is 0 Å². The molecule has 3 aromatic rings. The second kappa shape index (κ2) is 12.6. The number of halogens is 2. The molecule has 0 spiro atoms. The summed E-state index contributed by atoms with van der Waals surface area (Å²) in [7, 11) is -2.67. The maximum absolute atomic E-state index is 14.0. The highest BCUT2D eigenvalue weighted by Gasteiger charge is 2.41. The van der Waals surface area contributed by atoms with Crippen molar-refractivity contribution in [1.29, 1.82) is 0 Å². The van der Waals surface area contributed by atoms with Gasteiger partial charge in [-0.1, -0.05) is 12.1 Å². The number of aliphatic hydroxyl groups is 1. The zero-order valence-electron chi connectivity index (χ0n) is 23.0. The van der Waals surface area contributed by atoms with Gasteiger partial charge in [-0.3, -0.25) is 4.79 Å². The molecule has 2 aliphatic rings. The summed E-state index contributed by atoms with van der Waals surface area (Å²) in [5.74, 6) is -0.581. The number of fused-ring (bicyclic) bond motifs is 1. The van der Waals surface area contributed by atoms with Crippen molar-refractivity contribution in [1.82, 2.24) is 19.6 Å². The van der Waals surface area contributed by atoms with Gasteiger partial charge in [-0.05, 0) is 65.0 Å². The van der Waals surface area contributed by atoms with Gasteiger partial charge in [0, 0.05) is 43.6 Å². The fourth-order valence-electron chi connectivity index (χ4n) is 5.02. The van der Waals surface area contributed by atoms with Crippen LogP contribution in [0.4, 0.5) is 10.3 Å². The van der Waals surface area contributed by atoms with E-state index in [-0.39, 0.29) is 28.8 Å². The molecule has 0 saturated carbocycles. The largest absolute Gasteiger partial charge is 0.497 e. The number of carbonyl (C=O) groups is 1. The smallest absolute Gasteiger partial charge is 0.244 e. The Bertz CT molecular complexity index is 1590. The number of sulfonamides is 1. The van der Waals surface area contributed by atoms with E-state index in [1.54, 1.807) is 24.4 Å². The number of hydrogen-bond donors (Lipinski definition) is 3. The molecule has 0 unspecified atom stereocenters. The molecule has 2 atom stereocenters. The van der Waals surface area contributed by atoms with Gasteiger partial charge in [-0.25, -0.2) is 22.8 Å². The van der Waals surface area contributed by atoms with E-state index in [0.717, 1.165) is 17.1 Å². The summed E-state index contributed by atoms with van der Waals surface area (Å²) < 4.78 is 53.5. The molecule has 1 saturated heterocycles. The van der Waals surface area contributed by atoms with Crippen molar-refractivity contribution in [2.75, 3.05) is 32.2 Å². The van der Waals surface area contributed by atoms with Crippen molar-refractivity contribution in [2.45, 2.75) is 49.3 Å². The molecule has 2 aliphatic heterocycles. The molecule has 0 aliphatic carbocycles. The van der Waals surface area contributed by atoms with Crippen molar-refractivity contribution in [3.63, 3.8) is 0 Å². The van der Waals surface area contributed by atoms with Crippen LogP contribution in [0, 0.1) is 5.82 Å². The molecule has 3 heterocycles.